The number of rotatable bonds is 6. The number of aryl methyl sites for hydroxylation is 2. The molecular formula is C27H25N3O. The molecule has 0 N–H and O–H groups in total. The molecule has 31 heavy (non-hydrogen) atoms. The Hall–Kier alpha value is -3.71. The third-order valence-corrected chi connectivity index (χ3v) is 5.66. The van der Waals surface area contributed by atoms with Gasteiger partial charge in [-0.3, -0.25) is 4.79 Å². The number of fused-ring (bicyclic) bond motifs is 1. The zero-order valence-electron chi connectivity index (χ0n) is 18.1. The summed E-state index contributed by atoms with van der Waals surface area (Å²) in [5.41, 5.74) is 7.52. The fourth-order valence-corrected chi connectivity index (χ4v) is 4.04. The molecule has 0 unspecified atom stereocenters. The van der Waals surface area contributed by atoms with Gasteiger partial charge in [-0.05, 0) is 60.7 Å². The summed E-state index contributed by atoms with van der Waals surface area (Å²) in [6.07, 6.45) is 1.89. The number of benzene rings is 3. The van der Waals surface area contributed by atoms with Gasteiger partial charge in [-0.1, -0.05) is 49.4 Å². The van der Waals surface area contributed by atoms with Crippen molar-refractivity contribution in [3.05, 3.63) is 88.7 Å². The van der Waals surface area contributed by atoms with Crippen molar-refractivity contribution in [3.63, 3.8) is 0 Å². The third-order valence-electron chi connectivity index (χ3n) is 5.66. The molecule has 4 nitrogen and oxygen atoms in total. The number of hydrogen-bond donors (Lipinski definition) is 0. The largest absolute Gasteiger partial charge is 0.323 e. The van der Waals surface area contributed by atoms with Crippen LogP contribution in [0.3, 0.4) is 0 Å². The van der Waals surface area contributed by atoms with Gasteiger partial charge in [-0.15, -0.1) is 0 Å². The molecule has 0 fully saturated rings. The summed E-state index contributed by atoms with van der Waals surface area (Å²) >= 11 is 0. The topological polar surface area (TPSA) is 58.7 Å². The first kappa shape index (κ1) is 20.6. The van der Waals surface area contributed by atoms with Gasteiger partial charge < -0.3 is 4.57 Å². The number of carbonyl (C=O) groups excluding carboxylic acids is 1. The summed E-state index contributed by atoms with van der Waals surface area (Å²) in [5, 5.41) is 9.39. The minimum atomic E-state index is 0.0651. The molecule has 1 aromatic heterocycles. The van der Waals surface area contributed by atoms with Gasteiger partial charge in [-0.25, -0.2) is 4.98 Å². The maximum atomic E-state index is 12.0. The fourth-order valence-electron chi connectivity index (χ4n) is 4.04. The second-order valence-corrected chi connectivity index (χ2v) is 7.94. The minimum absolute atomic E-state index is 0.0651. The molecule has 4 aromatic rings. The Balaban J connectivity index is 1.75. The summed E-state index contributed by atoms with van der Waals surface area (Å²) in [6, 6.07) is 22.2. The predicted molar refractivity (Wildman–Crippen MR) is 124 cm³/mol. The van der Waals surface area contributed by atoms with E-state index in [4.69, 9.17) is 4.98 Å². The number of carbonyl (C=O) groups is 1. The van der Waals surface area contributed by atoms with Crippen LogP contribution < -0.4 is 0 Å². The molecule has 0 bridgehead atoms. The van der Waals surface area contributed by atoms with Gasteiger partial charge in [0, 0.05) is 18.5 Å². The Labute approximate surface area is 182 Å². The molecule has 0 aliphatic carbocycles. The Bertz CT molecular complexity index is 1310. The van der Waals surface area contributed by atoms with E-state index in [0.29, 0.717) is 12.1 Å². The Kier molecular flexibility index (Phi) is 5.68. The number of aromatic nitrogens is 2. The second kappa shape index (κ2) is 8.57. The SMILES string of the molecule is CCCc1nc2c(C)cc(C(C)=O)cc2n1Cc1ccc(-c2ccccc2C#N)cc1. The average Bonchev–Trinajstić information content (AvgIpc) is 3.12. The number of imidazole rings is 1. The molecule has 0 spiro atoms. The van der Waals surface area contributed by atoms with E-state index in [1.54, 1.807) is 6.92 Å². The van der Waals surface area contributed by atoms with Gasteiger partial charge in [0.1, 0.15) is 5.82 Å². The lowest BCUT2D eigenvalue weighted by Gasteiger charge is -2.11. The van der Waals surface area contributed by atoms with Gasteiger partial charge in [0.15, 0.2) is 5.78 Å². The molecule has 0 aliphatic heterocycles. The molecule has 0 saturated heterocycles. The van der Waals surface area contributed by atoms with Crippen LogP contribution in [-0.2, 0) is 13.0 Å². The van der Waals surface area contributed by atoms with Crippen LogP contribution in [-0.4, -0.2) is 15.3 Å². The van der Waals surface area contributed by atoms with Crippen molar-refractivity contribution in [2.45, 2.75) is 40.2 Å². The highest BCUT2D eigenvalue weighted by Gasteiger charge is 2.15. The van der Waals surface area contributed by atoms with E-state index >= 15 is 0 Å². The molecule has 1 heterocycles. The molecule has 3 aromatic carbocycles. The van der Waals surface area contributed by atoms with Crippen LogP contribution in [0.25, 0.3) is 22.2 Å². The monoisotopic (exact) mass is 407 g/mol. The van der Waals surface area contributed by atoms with Crippen molar-refractivity contribution in [1.29, 1.82) is 5.26 Å². The molecule has 4 heteroatoms. The van der Waals surface area contributed by atoms with Crippen LogP contribution >= 0.6 is 0 Å². The zero-order chi connectivity index (χ0) is 22.0. The molecule has 0 atom stereocenters. The van der Waals surface area contributed by atoms with Gasteiger partial charge in [-0.2, -0.15) is 5.26 Å². The van der Waals surface area contributed by atoms with Crippen molar-refractivity contribution in [1.82, 2.24) is 9.55 Å². The van der Waals surface area contributed by atoms with Crippen LogP contribution in [0.5, 0.6) is 0 Å². The minimum Gasteiger partial charge on any atom is -0.323 e. The highest BCUT2D eigenvalue weighted by molar-refractivity contribution is 5.98. The van der Waals surface area contributed by atoms with Gasteiger partial charge in [0.05, 0.1) is 22.7 Å². The van der Waals surface area contributed by atoms with Crippen molar-refractivity contribution in [2.24, 2.45) is 0 Å². The third kappa shape index (κ3) is 4.00. The fraction of sp³-hybridized carbons (Fsp3) is 0.222. The number of ketones is 1. The van der Waals surface area contributed by atoms with Gasteiger partial charge in [0.2, 0.25) is 0 Å². The molecule has 0 saturated carbocycles. The van der Waals surface area contributed by atoms with Crippen LogP contribution in [0.1, 0.15) is 53.1 Å². The smallest absolute Gasteiger partial charge is 0.159 e. The average molecular weight is 408 g/mol. The molecule has 0 amide bonds. The maximum Gasteiger partial charge on any atom is 0.159 e. The Morgan fingerprint density at radius 2 is 1.84 bits per heavy atom. The van der Waals surface area contributed by atoms with Crippen molar-refractivity contribution in [3.8, 4) is 17.2 Å². The van der Waals surface area contributed by atoms with Crippen LogP contribution in [0.2, 0.25) is 0 Å². The van der Waals surface area contributed by atoms with Gasteiger partial charge in [0.25, 0.3) is 0 Å². The van der Waals surface area contributed by atoms with E-state index in [0.717, 1.165) is 57.5 Å². The normalized spacial score (nSPS) is 10.9. The lowest BCUT2D eigenvalue weighted by molar-refractivity contribution is 0.101. The summed E-state index contributed by atoms with van der Waals surface area (Å²) in [4.78, 5) is 16.9. The summed E-state index contributed by atoms with van der Waals surface area (Å²) in [5.74, 6) is 1.11. The first-order valence-corrected chi connectivity index (χ1v) is 10.6. The van der Waals surface area contributed by atoms with Crippen LogP contribution in [0.4, 0.5) is 0 Å². The molecule has 154 valence electrons. The van der Waals surface area contributed by atoms with Crippen LogP contribution in [0.15, 0.2) is 60.7 Å². The molecule has 0 radical (unpaired) electrons. The zero-order valence-corrected chi connectivity index (χ0v) is 18.1. The van der Waals surface area contributed by atoms with Crippen molar-refractivity contribution >= 4 is 16.8 Å². The summed E-state index contributed by atoms with van der Waals surface area (Å²) < 4.78 is 2.23. The lowest BCUT2D eigenvalue weighted by Crippen LogP contribution is -2.05. The molecule has 4 rings (SSSR count). The van der Waals surface area contributed by atoms with Crippen molar-refractivity contribution < 1.29 is 4.79 Å². The quantitative estimate of drug-likeness (QED) is 0.364. The lowest BCUT2D eigenvalue weighted by atomic mass is 9.99. The van der Waals surface area contributed by atoms with E-state index in [-0.39, 0.29) is 5.78 Å². The summed E-state index contributed by atoms with van der Waals surface area (Å²) in [7, 11) is 0. The standard InChI is InChI=1S/C27H25N3O/c1-4-7-26-29-27-18(2)14-23(19(3)31)15-25(27)30(26)17-20-10-12-21(13-11-20)24-9-6-5-8-22(24)16-28/h5-6,8-15H,4,7,17H2,1-3H3. The molecular weight excluding hydrogens is 382 g/mol. The second-order valence-electron chi connectivity index (χ2n) is 7.94. The number of hydrogen-bond acceptors (Lipinski definition) is 3. The first-order chi connectivity index (χ1) is 15.0. The van der Waals surface area contributed by atoms with Crippen molar-refractivity contribution in [2.75, 3.05) is 0 Å². The van der Waals surface area contributed by atoms with Crippen LogP contribution in [0, 0.1) is 18.3 Å². The van der Waals surface area contributed by atoms with E-state index in [2.05, 4.69) is 41.8 Å². The predicted octanol–water partition coefficient (Wildman–Crippen LogP) is 6.09. The van der Waals surface area contributed by atoms with E-state index in [1.165, 1.54) is 0 Å². The Morgan fingerprint density at radius 1 is 1.10 bits per heavy atom. The number of Topliss-reactive ketones (excluding diaryl/α,β-unsaturated/α-hetero) is 1. The first-order valence-electron chi connectivity index (χ1n) is 10.6. The highest BCUT2D eigenvalue weighted by Crippen LogP contribution is 2.26. The van der Waals surface area contributed by atoms with E-state index in [1.807, 2.05) is 43.3 Å². The highest BCUT2D eigenvalue weighted by atomic mass is 16.1. The number of nitrogens with zero attached hydrogens (tertiary/aromatic N) is 3. The summed E-state index contributed by atoms with van der Waals surface area (Å²) in [6.45, 7) is 6.46. The number of nitriles is 1. The van der Waals surface area contributed by atoms with Gasteiger partial charge >= 0.3 is 0 Å². The van der Waals surface area contributed by atoms with E-state index < -0.39 is 0 Å². The Morgan fingerprint density at radius 3 is 2.52 bits per heavy atom. The van der Waals surface area contributed by atoms with E-state index in [9.17, 15) is 10.1 Å². The maximum absolute atomic E-state index is 12.0. The molecule has 0 aliphatic rings.